The Morgan fingerprint density at radius 3 is 2.84 bits per heavy atom. The highest BCUT2D eigenvalue weighted by molar-refractivity contribution is 6.07. The number of fused-ring (bicyclic) bond motifs is 1. The number of phenols is 1. The summed E-state index contributed by atoms with van der Waals surface area (Å²) in [6.07, 6.45) is 6.13. The third-order valence-electron chi connectivity index (χ3n) is 3.25. The Hall–Kier alpha value is -2.43. The van der Waals surface area contributed by atoms with Crippen molar-refractivity contribution in [3.05, 3.63) is 48.0 Å². The van der Waals surface area contributed by atoms with Crippen molar-refractivity contribution in [2.75, 3.05) is 11.4 Å². The molecule has 5 heteroatoms. The maximum absolute atomic E-state index is 12.4. The van der Waals surface area contributed by atoms with Gasteiger partial charge >= 0.3 is 0 Å². The number of carbonyl (C=O) groups is 1. The van der Waals surface area contributed by atoms with Crippen molar-refractivity contribution in [1.29, 1.82) is 0 Å². The first-order valence-electron chi connectivity index (χ1n) is 6.15. The largest absolute Gasteiger partial charge is 0.506 e. The topological polar surface area (TPSA) is 66.3 Å². The van der Waals surface area contributed by atoms with Gasteiger partial charge in [-0.2, -0.15) is 0 Å². The van der Waals surface area contributed by atoms with E-state index in [-0.39, 0.29) is 11.7 Å². The molecule has 0 unspecified atom stereocenters. The molecule has 19 heavy (non-hydrogen) atoms. The first-order chi connectivity index (χ1) is 9.27. The lowest BCUT2D eigenvalue weighted by Crippen LogP contribution is -2.35. The van der Waals surface area contributed by atoms with Gasteiger partial charge in [-0.25, -0.2) is 9.97 Å². The molecule has 1 aromatic heterocycles. The Labute approximate surface area is 110 Å². The van der Waals surface area contributed by atoms with Crippen molar-refractivity contribution < 1.29 is 9.90 Å². The highest BCUT2D eigenvalue weighted by Gasteiger charge is 2.26. The van der Waals surface area contributed by atoms with Crippen LogP contribution in [-0.2, 0) is 6.42 Å². The lowest BCUT2D eigenvalue weighted by molar-refractivity contribution is 0.0983. The predicted octanol–water partition coefficient (Wildman–Crippen LogP) is 1.78. The van der Waals surface area contributed by atoms with Crippen LogP contribution in [0.2, 0.25) is 0 Å². The van der Waals surface area contributed by atoms with E-state index in [1.807, 2.05) is 6.07 Å². The minimum atomic E-state index is -0.178. The molecule has 2 heterocycles. The molecular weight excluding hydrogens is 242 g/mol. The summed E-state index contributed by atoms with van der Waals surface area (Å²) >= 11 is 0. The van der Waals surface area contributed by atoms with Gasteiger partial charge in [0.05, 0.1) is 11.3 Å². The Morgan fingerprint density at radius 2 is 2.05 bits per heavy atom. The van der Waals surface area contributed by atoms with Crippen LogP contribution >= 0.6 is 0 Å². The maximum Gasteiger partial charge on any atom is 0.261 e. The number of aryl methyl sites for hydroxylation is 1. The highest BCUT2D eigenvalue weighted by Crippen LogP contribution is 2.35. The Balaban J connectivity index is 2.03. The van der Waals surface area contributed by atoms with Crippen LogP contribution in [0.25, 0.3) is 0 Å². The number of carbonyl (C=O) groups excluding carboxylic acids is 1. The van der Waals surface area contributed by atoms with Crippen LogP contribution in [0, 0.1) is 0 Å². The van der Waals surface area contributed by atoms with E-state index in [9.17, 15) is 9.90 Å². The number of rotatable bonds is 1. The van der Waals surface area contributed by atoms with Gasteiger partial charge in [-0.1, -0.05) is 12.1 Å². The quantitative estimate of drug-likeness (QED) is 0.843. The fourth-order valence-electron chi connectivity index (χ4n) is 2.40. The molecule has 0 bridgehead atoms. The van der Waals surface area contributed by atoms with Gasteiger partial charge in [-0.15, -0.1) is 0 Å². The average Bonchev–Trinajstić information content (AvgIpc) is 2.47. The van der Waals surface area contributed by atoms with Crippen LogP contribution in [0.3, 0.4) is 0 Å². The lowest BCUT2D eigenvalue weighted by atomic mass is 10.0. The van der Waals surface area contributed by atoms with Gasteiger partial charge in [0.15, 0.2) is 0 Å². The number of phenolic OH excluding ortho intramolecular Hbond substituents is 1. The third kappa shape index (κ3) is 2.03. The van der Waals surface area contributed by atoms with E-state index in [0.29, 0.717) is 17.8 Å². The molecule has 0 spiro atoms. The smallest absolute Gasteiger partial charge is 0.261 e. The monoisotopic (exact) mass is 255 g/mol. The van der Waals surface area contributed by atoms with E-state index in [1.165, 1.54) is 18.7 Å². The Kier molecular flexibility index (Phi) is 2.87. The summed E-state index contributed by atoms with van der Waals surface area (Å²) in [5.41, 5.74) is 2.04. The van der Waals surface area contributed by atoms with Gasteiger partial charge in [-0.3, -0.25) is 4.79 Å². The summed E-state index contributed by atoms with van der Waals surface area (Å²) in [4.78, 5) is 21.8. The van der Waals surface area contributed by atoms with E-state index in [0.717, 1.165) is 18.4 Å². The van der Waals surface area contributed by atoms with E-state index >= 15 is 0 Å². The van der Waals surface area contributed by atoms with Crippen molar-refractivity contribution >= 4 is 11.6 Å². The number of para-hydroxylation sites is 1. The molecule has 2 aromatic rings. The number of amides is 1. The second kappa shape index (κ2) is 4.68. The van der Waals surface area contributed by atoms with E-state index in [4.69, 9.17) is 0 Å². The number of aromatic hydroxyl groups is 1. The normalized spacial score (nSPS) is 14.0. The zero-order chi connectivity index (χ0) is 13.2. The van der Waals surface area contributed by atoms with E-state index in [2.05, 4.69) is 9.97 Å². The molecule has 3 rings (SSSR count). The molecule has 0 atom stereocenters. The minimum Gasteiger partial charge on any atom is -0.506 e. The SMILES string of the molecule is O=C(c1cncnc1)N1CCCc2cccc(O)c21. The molecule has 0 radical (unpaired) electrons. The van der Waals surface area contributed by atoms with Crippen molar-refractivity contribution in [2.45, 2.75) is 12.8 Å². The molecule has 1 N–H and O–H groups in total. The molecule has 96 valence electrons. The number of aromatic nitrogens is 2. The van der Waals surface area contributed by atoms with Gasteiger partial charge in [0.2, 0.25) is 0 Å². The van der Waals surface area contributed by atoms with Gasteiger partial charge in [0.25, 0.3) is 5.91 Å². The summed E-state index contributed by atoms with van der Waals surface area (Å²) in [7, 11) is 0. The van der Waals surface area contributed by atoms with Gasteiger partial charge in [-0.05, 0) is 24.5 Å². The lowest BCUT2D eigenvalue weighted by Gasteiger charge is -2.29. The first-order valence-corrected chi connectivity index (χ1v) is 6.15. The number of hydrogen-bond donors (Lipinski definition) is 1. The molecule has 0 saturated heterocycles. The number of nitrogens with zero attached hydrogens (tertiary/aromatic N) is 3. The molecule has 1 aromatic carbocycles. The summed E-state index contributed by atoms with van der Waals surface area (Å²) in [6.45, 7) is 0.596. The van der Waals surface area contributed by atoms with Crippen molar-refractivity contribution in [2.24, 2.45) is 0 Å². The van der Waals surface area contributed by atoms with Crippen LogP contribution in [0.15, 0.2) is 36.9 Å². The van der Waals surface area contributed by atoms with Crippen molar-refractivity contribution in [3.63, 3.8) is 0 Å². The second-order valence-electron chi connectivity index (χ2n) is 4.47. The number of benzene rings is 1. The van der Waals surface area contributed by atoms with E-state index in [1.54, 1.807) is 17.0 Å². The Bertz CT molecular complexity index is 613. The molecule has 0 saturated carbocycles. The standard InChI is InChI=1S/C14H13N3O2/c18-12-5-1-3-10-4-2-6-17(13(10)12)14(19)11-7-15-9-16-8-11/h1,3,5,7-9,18H,2,4,6H2. The van der Waals surface area contributed by atoms with Crippen molar-refractivity contribution in [1.82, 2.24) is 9.97 Å². The number of hydrogen-bond acceptors (Lipinski definition) is 4. The zero-order valence-corrected chi connectivity index (χ0v) is 10.3. The number of anilines is 1. The summed E-state index contributed by atoms with van der Waals surface area (Å²) < 4.78 is 0. The second-order valence-corrected chi connectivity index (χ2v) is 4.47. The van der Waals surface area contributed by atoms with Gasteiger partial charge in [0, 0.05) is 18.9 Å². The average molecular weight is 255 g/mol. The Morgan fingerprint density at radius 1 is 1.26 bits per heavy atom. The summed E-state index contributed by atoms with van der Waals surface area (Å²) in [5, 5.41) is 10.00. The fraction of sp³-hybridized carbons (Fsp3) is 0.214. The maximum atomic E-state index is 12.4. The highest BCUT2D eigenvalue weighted by atomic mass is 16.3. The third-order valence-corrected chi connectivity index (χ3v) is 3.25. The van der Waals surface area contributed by atoms with Crippen LogP contribution < -0.4 is 4.90 Å². The van der Waals surface area contributed by atoms with Gasteiger partial charge in [0.1, 0.15) is 12.1 Å². The molecule has 5 nitrogen and oxygen atoms in total. The minimum absolute atomic E-state index is 0.141. The molecular formula is C14H13N3O2. The van der Waals surface area contributed by atoms with E-state index < -0.39 is 0 Å². The fourth-order valence-corrected chi connectivity index (χ4v) is 2.40. The molecule has 0 fully saturated rings. The van der Waals surface area contributed by atoms with Crippen LogP contribution in [-0.4, -0.2) is 27.5 Å². The molecule has 1 aliphatic rings. The molecule has 0 aliphatic carbocycles. The van der Waals surface area contributed by atoms with Crippen LogP contribution in [0.4, 0.5) is 5.69 Å². The van der Waals surface area contributed by atoms with Crippen LogP contribution in [0.5, 0.6) is 5.75 Å². The predicted molar refractivity (Wildman–Crippen MR) is 70.1 cm³/mol. The van der Waals surface area contributed by atoms with Crippen molar-refractivity contribution in [3.8, 4) is 5.75 Å². The molecule has 1 aliphatic heterocycles. The van der Waals surface area contributed by atoms with Gasteiger partial charge < -0.3 is 10.0 Å². The first kappa shape index (κ1) is 11.6. The summed E-state index contributed by atoms with van der Waals surface area (Å²) in [5.74, 6) is -0.0366. The summed E-state index contributed by atoms with van der Waals surface area (Å²) in [6, 6.07) is 5.34. The molecule has 1 amide bonds. The van der Waals surface area contributed by atoms with Crippen LogP contribution in [0.1, 0.15) is 22.3 Å². The zero-order valence-electron chi connectivity index (χ0n) is 10.3.